The molecule has 1 aromatic heterocycles. The highest BCUT2D eigenvalue weighted by Gasteiger charge is 2.17. The molecule has 3 heteroatoms. The average Bonchev–Trinajstić information content (AvgIpc) is 2.26. The number of anilines is 1. The van der Waals surface area contributed by atoms with E-state index in [2.05, 4.69) is 10.3 Å². The van der Waals surface area contributed by atoms with Gasteiger partial charge in [-0.3, -0.25) is 4.98 Å². The zero-order valence-electron chi connectivity index (χ0n) is 9.62. The number of rotatable bonds is 3. The van der Waals surface area contributed by atoms with Gasteiger partial charge in [0, 0.05) is 29.9 Å². The molecular weight excluding hydrogens is 215 g/mol. The molecule has 0 radical (unpaired) electrons. The zero-order chi connectivity index (χ0) is 11.7. The van der Waals surface area contributed by atoms with Gasteiger partial charge in [0.05, 0.1) is 5.52 Å². The van der Waals surface area contributed by atoms with Crippen LogP contribution in [0.3, 0.4) is 0 Å². The van der Waals surface area contributed by atoms with E-state index in [1.165, 1.54) is 31.4 Å². The predicted octanol–water partition coefficient (Wildman–Crippen LogP) is 3.59. The van der Waals surface area contributed by atoms with E-state index in [1.54, 1.807) is 12.3 Å². The molecule has 0 amide bonds. The summed E-state index contributed by atoms with van der Waals surface area (Å²) < 4.78 is 13.1. The third kappa shape index (κ3) is 2.09. The lowest BCUT2D eigenvalue weighted by Crippen LogP contribution is -2.20. The summed E-state index contributed by atoms with van der Waals surface area (Å²) >= 11 is 0. The molecule has 3 rings (SSSR count). The molecule has 1 aliphatic carbocycles. The number of aromatic nitrogens is 1. The lowest BCUT2D eigenvalue weighted by atomic mass is 9.85. The average molecular weight is 230 g/mol. The van der Waals surface area contributed by atoms with Crippen LogP contribution in [0.2, 0.25) is 0 Å². The van der Waals surface area contributed by atoms with Gasteiger partial charge in [0.25, 0.3) is 0 Å². The normalized spacial score (nSPS) is 15.8. The summed E-state index contributed by atoms with van der Waals surface area (Å²) in [6.07, 6.45) is 5.73. The second-order valence-electron chi connectivity index (χ2n) is 4.70. The van der Waals surface area contributed by atoms with Gasteiger partial charge in [-0.1, -0.05) is 6.42 Å². The van der Waals surface area contributed by atoms with Gasteiger partial charge in [0.15, 0.2) is 0 Å². The van der Waals surface area contributed by atoms with Gasteiger partial charge >= 0.3 is 0 Å². The predicted molar refractivity (Wildman–Crippen MR) is 67.5 cm³/mol. The molecule has 0 unspecified atom stereocenters. The van der Waals surface area contributed by atoms with Gasteiger partial charge in [-0.2, -0.15) is 0 Å². The van der Waals surface area contributed by atoms with Crippen LogP contribution in [0, 0.1) is 11.7 Å². The van der Waals surface area contributed by atoms with E-state index < -0.39 is 0 Å². The van der Waals surface area contributed by atoms with Crippen molar-refractivity contribution < 1.29 is 4.39 Å². The Morgan fingerprint density at radius 1 is 1.29 bits per heavy atom. The highest BCUT2D eigenvalue weighted by atomic mass is 19.1. The molecule has 17 heavy (non-hydrogen) atoms. The fourth-order valence-electron chi connectivity index (χ4n) is 2.23. The Morgan fingerprint density at radius 3 is 2.94 bits per heavy atom. The van der Waals surface area contributed by atoms with Crippen molar-refractivity contribution >= 4 is 16.6 Å². The van der Waals surface area contributed by atoms with Crippen LogP contribution < -0.4 is 5.32 Å². The summed E-state index contributed by atoms with van der Waals surface area (Å²) in [5.41, 5.74) is 1.77. The number of pyridine rings is 1. The fourth-order valence-corrected chi connectivity index (χ4v) is 2.23. The Labute approximate surface area is 99.9 Å². The molecule has 0 aliphatic heterocycles. The molecule has 0 atom stereocenters. The van der Waals surface area contributed by atoms with Gasteiger partial charge in [0.2, 0.25) is 0 Å². The number of halogens is 1. The van der Waals surface area contributed by atoms with Crippen LogP contribution >= 0.6 is 0 Å². The topological polar surface area (TPSA) is 24.9 Å². The number of hydrogen-bond acceptors (Lipinski definition) is 2. The minimum Gasteiger partial charge on any atom is -0.384 e. The number of nitrogens with one attached hydrogen (secondary N) is 1. The second-order valence-corrected chi connectivity index (χ2v) is 4.70. The van der Waals surface area contributed by atoms with Crippen molar-refractivity contribution in [2.45, 2.75) is 19.3 Å². The highest BCUT2D eigenvalue weighted by molar-refractivity contribution is 5.90. The number of hydrogen-bond donors (Lipinski definition) is 1. The third-order valence-corrected chi connectivity index (χ3v) is 3.51. The third-order valence-electron chi connectivity index (χ3n) is 3.51. The molecule has 0 spiro atoms. The molecule has 2 nitrogen and oxygen atoms in total. The van der Waals surface area contributed by atoms with Gasteiger partial charge in [0.1, 0.15) is 5.82 Å². The maximum Gasteiger partial charge on any atom is 0.125 e. The van der Waals surface area contributed by atoms with Gasteiger partial charge in [-0.25, -0.2) is 4.39 Å². The van der Waals surface area contributed by atoms with Crippen molar-refractivity contribution in [1.82, 2.24) is 4.98 Å². The van der Waals surface area contributed by atoms with Crippen LogP contribution in [0.5, 0.6) is 0 Å². The molecule has 1 saturated carbocycles. The van der Waals surface area contributed by atoms with Crippen LogP contribution in [0.4, 0.5) is 10.1 Å². The summed E-state index contributed by atoms with van der Waals surface area (Å²) in [6.45, 7) is 1.01. The van der Waals surface area contributed by atoms with Crippen molar-refractivity contribution in [3.8, 4) is 0 Å². The Bertz CT molecular complexity index is 535. The molecular formula is C14H15FN2. The zero-order valence-corrected chi connectivity index (χ0v) is 9.62. The molecule has 0 saturated heterocycles. The fraction of sp³-hybridized carbons (Fsp3) is 0.357. The van der Waals surface area contributed by atoms with Crippen molar-refractivity contribution in [3.63, 3.8) is 0 Å². The van der Waals surface area contributed by atoms with Crippen molar-refractivity contribution in [2.24, 2.45) is 5.92 Å². The van der Waals surface area contributed by atoms with E-state index in [1.807, 2.05) is 6.07 Å². The molecule has 1 heterocycles. The Balaban J connectivity index is 1.87. The summed E-state index contributed by atoms with van der Waals surface area (Å²) in [6, 6.07) is 6.71. The van der Waals surface area contributed by atoms with E-state index in [4.69, 9.17) is 0 Å². The van der Waals surface area contributed by atoms with E-state index >= 15 is 0 Å². The second kappa shape index (κ2) is 4.32. The monoisotopic (exact) mass is 230 g/mol. The minimum atomic E-state index is -0.235. The molecule has 2 aromatic rings. The number of fused-ring (bicyclic) bond motifs is 1. The smallest absolute Gasteiger partial charge is 0.125 e. The summed E-state index contributed by atoms with van der Waals surface area (Å²) in [5.74, 6) is 0.569. The Morgan fingerprint density at radius 2 is 2.18 bits per heavy atom. The molecule has 1 N–H and O–H groups in total. The lowest BCUT2D eigenvalue weighted by Gasteiger charge is -2.26. The van der Waals surface area contributed by atoms with Crippen molar-refractivity contribution in [2.75, 3.05) is 11.9 Å². The summed E-state index contributed by atoms with van der Waals surface area (Å²) in [5, 5.41) is 4.44. The van der Waals surface area contributed by atoms with Crippen LogP contribution in [-0.2, 0) is 0 Å². The quantitative estimate of drug-likeness (QED) is 0.871. The first-order chi connectivity index (χ1) is 8.33. The Hall–Kier alpha value is -1.64. The highest BCUT2D eigenvalue weighted by Crippen LogP contribution is 2.28. The van der Waals surface area contributed by atoms with Crippen molar-refractivity contribution in [1.29, 1.82) is 0 Å². The lowest BCUT2D eigenvalue weighted by molar-refractivity contribution is 0.333. The summed E-state index contributed by atoms with van der Waals surface area (Å²) in [7, 11) is 0. The van der Waals surface area contributed by atoms with E-state index in [-0.39, 0.29) is 5.82 Å². The van der Waals surface area contributed by atoms with Crippen molar-refractivity contribution in [3.05, 3.63) is 36.3 Å². The van der Waals surface area contributed by atoms with Gasteiger partial charge < -0.3 is 5.32 Å². The van der Waals surface area contributed by atoms with E-state index in [0.29, 0.717) is 5.52 Å². The molecule has 1 aliphatic rings. The van der Waals surface area contributed by atoms with Crippen LogP contribution in [0.15, 0.2) is 30.5 Å². The molecule has 1 fully saturated rings. The Kier molecular flexibility index (Phi) is 2.67. The molecule has 0 bridgehead atoms. The minimum absolute atomic E-state index is 0.235. The first-order valence-corrected chi connectivity index (χ1v) is 6.11. The van der Waals surface area contributed by atoms with Crippen LogP contribution in [-0.4, -0.2) is 11.5 Å². The SMILES string of the molecule is Fc1ccc2c(NCC3CCC3)ccnc2c1. The molecule has 1 aromatic carbocycles. The van der Waals surface area contributed by atoms with Crippen LogP contribution in [0.25, 0.3) is 10.9 Å². The largest absolute Gasteiger partial charge is 0.384 e. The maximum absolute atomic E-state index is 13.1. The maximum atomic E-state index is 13.1. The number of nitrogens with zero attached hydrogens (tertiary/aromatic N) is 1. The summed E-state index contributed by atoms with van der Waals surface area (Å²) in [4.78, 5) is 4.18. The first kappa shape index (κ1) is 10.5. The number of benzene rings is 1. The standard InChI is InChI=1S/C14H15FN2/c15-11-4-5-12-13(6-7-16-14(12)8-11)17-9-10-2-1-3-10/h4-8,10H,1-3,9H2,(H,16,17). The first-order valence-electron chi connectivity index (χ1n) is 6.11. The van der Waals surface area contributed by atoms with E-state index in [0.717, 1.165) is 23.5 Å². The van der Waals surface area contributed by atoms with Crippen LogP contribution in [0.1, 0.15) is 19.3 Å². The van der Waals surface area contributed by atoms with Gasteiger partial charge in [-0.05, 0) is 37.0 Å². The van der Waals surface area contributed by atoms with Gasteiger partial charge in [-0.15, -0.1) is 0 Å². The van der Waals surface area contributed by atoms with E-state index in [9.17, 15) is 4.39 Å². The molecule has 88 valence electrons.